The molecule has 3 unspecified atom stereocenters. The van der Waals surface area contributed by atoms with Gasteiger partial charge in [0.05, 0.1) is 10.5 Å². The number of carbonyl (C=O) groups is 2. The van der Waals surface area contributed by atoms with Gasteiger partial charge >= 0.3 is 11.9 Å². The lowest BCUT2D eigenvalue weighted by atomic mass is 9.75. The summed E-state index contributed by atoms with van der Waals surface area (Å²) in [6.45, 7) is 5.32. The summed E-state index contributed by atoms with van der Waals surface area (Å²) in [4.78, 5) is 43.0. The lowest BCUT2D eigenvalue weighted by molar-refractivity contribution is -0.384. The summed E-state index contributed by atoms with van der Waals surface area (Å²) in [5.74, 6) is -3.87. The highest BCUT2D eigenvalue weighted by Gasteiger charge is 2.42. The Kier molecular flexibility index (Phi) is 7.07. The summed E-state index contributed by atoms with van der Waals surface area (Å²) in [7, 11) is 0. The third-order valence-electron chi connectivity index (χ3n) is 6.51. The molecule has 35 heavy (non-hydrogen) atoms. The summed E-state index contributed by atoms with van der Waals surface area (Å²) >= 11 is 0. The smallest absolute Gasteiger partial charge is 0.336 e. The molecule has 1 saturated heterocycles. The van der Waals surface area contributed by atoms with Crippen molar-refractivity contribution in [3.63, 3.8) is 0 Å². The fourth-order valence-electron chi connectivity index (χ4n) is 4.91. The topological polar surface area (TPSA) is 122 Å². The molecule has 2 aliphatic rings. The maximum Gasteiger partial charge on any atom is 0.336 e. The van der Waals surface area contributed by atoms with Crippen molar-refractivity contribution in [3.05, 3.63) is 87.1 Å². The Morgan fingerprint density at radius 3 is 2.60 bits per heavy atom. The second kappa shape index (κ2) is 10.2. The van der Waals surface area contributed by atoms with Gasteiger partial charge in [0, 0.05) is 49.1 Å². The van der Waals surface area contributed by atoms with E-state index < -0.39 is 28.7 Å². The number of nitro groups is 1. The van der Waals surface area contributed by atoms with Crippen LogP contribution in [0, 0.1) is 16.0 Å². The minimum absolute atomic E-state index is 0.130. The Morgan fingerprint density at radius 1 is 1.17 bits per heavy atom. The normalized spacial score (nSPS) is 22.6. The molecule has 0 spiro atoms. The number of allylic oxidation sites excluding steroid dienone is 1. The van der Waals surface area contributed by atoms with E-state index in [1.165, 1.54) is 23.8 Å². The number of carboxylic acid groups (broad SMARTS) is 1. The van der Waals surface area contributed by atoms with Crippen molar-refractivity contribution in [1.29, 1.82) is 0 Å². The van der Waals surface area contributed by atoms with Gasteiger partial charge in [-0.05, 0) is 31.4 Å². The number of carbonyl (C=O) groups excluding carboxylic acids is 1. The molecular weight excluding hydrogens is 450 g/mol. The van der Waals surface area contributed by atoms with E-state index in [0.29, 0.717) is 29.9 Å². The number of nitro benzene ring substituents is 1. The number of aliphatic carboxylic acids is 1. The first-order chi connectivity index (χ1) is 16.7. The predicted octanol–water partition coefficient (Wildman–Crippen LogP) is 3.95. The van der Waals surface area contributed by atoms with Gasteiger partial charge in [0.1, 0.15) is 12.0 Å². The fourth-order valence-corrected chi connectivity index (χ4v) is 4.91. The molecule has 0 amide bonds. The van der Waals surface area contributed by atoms with E-state index in [0.717, 1.165) is 13.1 Å². The zero-order chi connectivity index (χ0) is 25.1. The van der Waals surface area contributed by atoms with Crippen molar-refractivity contribution in [2.75, 3.05) is 13.1 Å². The molecule has 0 aromatic heterocycles. The predicted molar refractivity (Wildman–Crippen MR) is 129 cm³/mol. The van der Waals surface area contributed by atoms with Gasteiger partial charge in [-0.2, -0.15) is 0 Å². The maximum absolute atomic E-state index is 13.4. The van der Waals surface area contributed by atoms with Crippen LogP contribution in [0.2, 0.25) is 0 Å². The van der Waals surface area contributed by atoms with Crippen LogP contribution in [-0.4, -0.2) is 51.8 Å². The summed E-state index contributed by atoms with van der Waals surface area (Å²) in [5, 5.41) is 21.3. The third-order valence-corrected chi connectivity index (χ3v) is 6.51. The largest absolute Gasteiger partial charge is 0.481 e. The van der Waals surface area contributed by atoms with Crippen molar-refractivity contribution >= 4 is 23.3 Å². The SMILES string of the molecule is CC1=NC(C)=C(C(=O)OC2CCN(Cc3ccccc3)C2)C(c2cccc([N+](=O)[O-])c2)C1C(=O)O. The van der Waals surface area contributed by atoms with Crippen LogP contribution in [0.1, 0.15) is 37.3 Å². The molecule has 0 radical (unpaired) electrons. The number of rotatable bonds is 7. The molecule has 182 valence electrons. The number of ether oxygens (including phenoxy) is 1. The number of nitrogens with zero attached hydrogens (tertiary/aromatic N) is 3. The van der Waals surface area contributed by atoms with Crippen molar-refractivity contribution in [2.24, 2.45) is 10.9 Å². The number of likely N-dealkylation sites (tertiary alicyclic amines) is 1. The van der Waals surface area contributed by atoms with Crippen molar-refractivity contribution in [2.45, 2.75) is 38.8 Å². The van der Waals surface area contributed by atoms with Crippen molar-refractivity contribution in [1.82, 2.24) is 4.90 Å². The number of hydrogen-bond acceptors (Lipinski definition) is 7. The first-order valence-electron chi connectivity index (χ1n) is 11.4. The standard InChI is InChI=1S/C26H27N3O6/c1-16-22(25(30)31)24(19-9-6-10-20(13-19)29(33)34)23(17(2)27-16)26(32)35-21-11-12-28(15-21)14-18-7-4-3-5-8-18/h3-10,13,21-22,24H,11-12,14-15H2,1-2H3,(H,30,31). The van der Waals surface area contributed by atoms with Crippen molar-refractivity contribution < 1.29 is 24.4 Å². The Labute approximate surface area is 202 Å². The minimum atomic E-state index is -1.16. The van der Waals surface area contributed by atoms with Gasteiger partial charge in [0.2, 0.25) is 0 Å². The Morgan fingerprint density at radius 2 is 1.91 bits per heavy atom. The van der Waals surface area contributed by atoms with E-state index in [9.17, 15) is 24.8 Å². The molecule has 0 bridgehead atoms. The van der Waals surface area contributed by atoms with Gasteiger partial charge in [0.25, 0.3) is 5.69 Å². The summed E-state index contributed by atoms with van der Waals surface area (Å²) in [6.07, 6.45) is 0.323. The summed E-state index contributed by atoms with van der Waals surface area (Å²) < 4.78 is 5.85. The van der Waals surface area contributed by atoms with Crippen LogP contribution in [0.25, 0.3) is 0 Å². The summed E-state index contributed by atoms with van der Waals surface area (Å²) in [5.41, 5.74) is 2.18. The van der Waals surface area contributed by atoms with Crippen LogP contribution in [0.5, 0.6) is 0 Å². The average Bonchev–Trinajstić information content (AvgIpc) is 3.25. The number of aliphatic imine (C=N–C) groups is 1. The lowest BCUT2D eigenvalue weighted by Crippen LogP contribution is -2.36. The van der Waals surface area contributed by atoms with E-state index in [4.69, 9.17) is 4.74 Å². The first kappa shape index (κ1) is 24.3. The van der Waals surface area contributed by atoms with E-state index in [1.54, 1.807) is 19.9 Å². The van der Waals surface area contributed by atoms with Crippen LogP contribution in [0.3, 0.4) is 0 Å². The number of benzene rings is 2. The Balaban J connectivity index is 1.58. The molecule has 1 N–H and O–H groups in total. The van der Waals surface area contributed by atoms with Crippen LogP contribution in [-0.2, 0) is 20.9 Å². The molecule has 0 aliphatic carbocycles. The highest BCUT2D eigenvalue weighted by Crippen LogP contribution is 2.40. The van der Waals surface area contributed by atoms with E-state index in [2.05, 4.69) is 9.89 Å². The van der Waals surface area contributed by atoms with Gasteiger partial charge in [-0.15, -0.1) is 0 Å². The molecule has 4 rings (SSSR count). The quantitative estimate of drug-likeness (QED) is 0.364. The molecule has 9 heteroatoms. The van der Waals surface area contributed by atoms with Gasteiger partial charge in [-0.3, -0.25) is 24.8 Å². The molecule has 0 saturated carbocycles. The third kappa shape index (κ3) is 5.30. The molecule has 2 aromatic rings. The van der Waals surface area contributed by atoms with Crippen LogP contribution in [0.4, 0.5) is 5.69 Å². The van der Waals surface area contributed by atoms with Crippen LogP contribution >= 0.6 is 0 Å². The van der Waals surface area contributed by atoms with Crippen LogP contribution < -0.4 is 0 Å². The molecule has 3 atom stereocenters. The second-order valence-electron chi connectivity index (χ2n) is 8.93. The minimum Gasteiger partial charge on any atom is -0.481 e. The second-order valence-corrected chi connectivity index (χ2v) is 8.93. The van der Waals surface area contributed by atoms with Crippen LogP contribution in [0.15, 0.2) is 70.9 Å². The van der Waals surface area contributed by atoms with Crippen molar-refractivity contribution in [3.8, 4) is 0 Å². The number of hydrogen-bond donors (Lipinski definition) is 1. The molecule has 2 heterocycles. The average molecular weight is 478 g/mol. The molecule has 1 fully saturated rings. The number of carboxylic acids is 1. The lowest BCUT2D eigenvalue weighted by Gasteiger charge is -2.31. The number of esters is 1. The highest BCUT2D eigenvalue weighted by molar-refractivity contribution is 6.06. The van der Waals surface area contributed by atoms with E-state index in [-0.39, 0.29) is 17.4 Å². The van der Waals surface area contributed by atoms with E-state index >= 15 is 0 Å². The summed E-state index contributed by atoms with van der Waals surface area (Å²) in [6, 6.07) is 15.8. The van der Waals surface area contributed by atoms with Gasteiger partial charge in [-0.25, -0.2) is 4.79 Å². The highest BCUT2D eigenvalue weighted by atomic mass is 16.6. The molecular formula is C26H27N3O6. The monoisotopic (exact) mass is 477 g/mol. The van der Waals surface area contributed by atoms with E-state index in [1.807, 2.05) is 30.3 Å². The first-order valence-corrected chi connectivity index (χ1v) is 11.4. The molecule has 9 nitrogen and oxygen atoms in total. The zero-order valence-electron chi connectivity index (χ0n) is 19.6. The van der Waals surface area contributed by atoms with Gasteiger partial charge in [-0.1, -0.05) is 42.5 Å². The molecule has 2 aromatic carbocycles. The fraction of sp³-hybridized carbons (Fsp3) is 0.346. The maximum atomic E-state index is 13.4. The Hall–Kier alpha value is -3.85. The zero-order valence-corrected chi connectivity index (χ0v) is 19.6. The Bertz CT molecular complexity index is 1210. The number of non-ortho nitro benzene ring substituents is 1. The van der Waals surface area contributed by atoms with Gasteiger partial charge < -0.3 is 9.84 Å². The molecule has 2 aliphatic heterocycles. The van der Waals surface area contributed by atoms with Gasteiger partial charge in [0.15, 0.2) is 0 Å².